The summed E-state index contributed by atoms with van der Waals surface area (Å²) >= 11 is 7.12. The first-order valence-electron chi connectivity index (χ1n) is 20.6. The van der Waals surface area contributed by atoms with E-state index in [1.807, 2.05) is 42.5 Å². The molecule has 0 fully saturated rings. The van der Waals surface area contributed by atoms with Crippen LogP contribution in [0.1, 0.15) is 82.9 Å². The number of anilines is 2. The van der Waals surface area contributed by atoms with Crippen LogP contribution in [0.2, 0.25) is 0 Å². The summed E-state index contributed by atoms with van der Waals surface area (Å²) in [6, 6.07) is 18.8. The number of unbranched alkanes of at least 4 members (excludes halogenated alkanes) is 2. The molecule has 0 saturated heterocycles. The van der Waals surface area contributed by atoms with Crippen molar-refractivity contribution in [3.05, 3.63) is 136 Å². The number of hydrogen-bond acceptors (Lipinski definition) is 8. The minimum Gasteiger partial charge on any atom is -0.385 e. The van der Waals surface area contributed by atoms with Gasteiger partial charge in [0.15, 0.2) is 0 Å². The summed E-state index contributed by atoms with van der Waals surface area (Å²) in [6.07, 6.45) is 11.2. The van der Waals surface area contributed by atoms with Crippen LogP contribution in [0.3, 0.4) is 0 Å². The van der Waals surface area contributed by atoms with E-state index in [-0.39, 0.29) is 22.8 Å². The molecule has 62 heavy (non-hydrogen) atoms. The van der Waals surface area contributed by atoms with Gasteiger partial charge < -0.3 is 10.2 Å². The Morgan fingerprint density at radius 3 is 2.16 bits per heavy atom. The predicted octanol–water partition coefficient (Wildman–Crippen LogP) is 10.6. The Morgan fingerprint density at radius 1 is 0.839 bits per heavy atom. The summed E-state index contributed by atoms with van der Waals surface area (Å²) in [5.74, 6) is -0.633. The van der Waals surface area contributed by atoms with E-state index in [2.05, 4.69) is 75.7 Å². The molecule has 0 bridgehead atoms. The molecule has 332 valence electrons. The topological polar surface area (TPSA) is 178 Å². The molecule has 0 unspecified atom stereocenters. The van der Waals surface area contributed by atoms with E-state index in [9.17, 15) is 34.4 Å². The Kier molecular flexibility index (Phi) is 13.8. The molecule has 4 N–H and O–H groups in total. The van der Waals surface area contributed by atoms with Crippen molar-refractivity contribution in [3.8, 4) is 0 Å². The van der Waals surface area contributed by atoms with Crippen LogP contribution in [0.25, 0.3) is 21.5 Å². The molecule has 1 aliphatic heterocycles. The van der Waals surface area contributed by atoms with Gasteiger partial charge in [-0.25, -0.2) is 0 Å². The molecule has 2 aliphatic rings. The van der Waals surface area contributed by atoms with Gasteiger partial charge in [0.25, 0.3) is 30.4 Å². The predicted molar refractivity (Wildman–Crippen MR) is 252 cm³/mol. The zero-order chi connectivity index (χ0) is 45.4. The maximum Gasteiger partial charge on any atom is 0.294 e. The highest BCUT2D eigenvalue weighted by Gasteiger charge is 2.41. The summed E-state index contributed by atoms with van der Waals surface area (Å²) in [6.45, 7) is 16.0. The van der Waals surface area contributed by atoms with Crippen molar-refractivity contribution in [2.24, 2.45) is 0 Å². The lowest BCUT2D eigenvalue weighted by atomic mass is 9.75. The van der Waals surface area contributed by atoms with Crippen molar-refractivity contribution >= 4 is 74.9 Å². The van der Waals surface area contributed by atoms with Gasteiger partial charge in [0, 0.05) is 46.0 Å². The lowest BCUT2D eigenvalue weighted by Gasteiger charge is -2.31. The number of halogens is 1. The number of allylic oxidation sites excluding steroid dienone is 9. The largest absolute Gasteiger partial charge is 0.385 e. The van der Waals surface area contributed by atoms with E-state index in [4.69, 9.17) is 16.2 Å². The van der Waals surface area contributed by atoms with E-state index >= 15 is 0 Å². The first kappa shape index (κ1) is 47.2. The van der Waals surface area contributed by atoms with Crippen molar-refractivity contribution in [3.63, 3.8) is 0 Å². The second-order valence-electron chi connectivity index (χ2n) is 17.3. The van der Waals surface area contributed by atoms with Gasteiger partial charge in [-0.05, 0) is 125 Å². The Balaban J connectivity index is 1.29. The third-order valence-electron chi connectivity index (χ3n) is 12.1. The lowest BCUT2D eigenvalue weighted by molar-refractivity contribution is 0.478. The second kappa shape index (κ2) is 18.1. The molecule has 1 aliphatic carbocycles. The van der Waals surface area contributed by atoms with Crippen molar-refractivity contribution in [2.45, 2.75) is 88.9 Å². The first-order chi connectivity index (χ1) is 28.9. The standard InChI is InChI=1S/C47H55ClN2O9S3/c1-31-11-20-38-35(29-31)16-22-40(49-25-7-9-27-60(51,52)53)43(38)46(3,4)32(2)12-13-33-14-15-34(45(33)48)18-24-42-47(5,6)44-39-21-19-37(62(57,58)59)30-36(39)17-23-41(44)50(42)26-8-10-28-61(54,55)56/h11-13,16-24,29-30,49H,2,7-10,14-15,25-28H2,1,3-6H3,(H,51,52,53)(H,54,55,56)(H,57,58,59)/b13-12+,34-18+,42-24-. The van der Waals surface area contributed by atoms with Crippen LogP contribution in [-0.2, 0) is 41.2 Å². The minimum absolute atomic E-state index is 0.197. The zero-order valence-corrected chi connectivity index (χ0v) is 38.9. The highest BCUT2D eigenvalue weighted by Crippen LogP contribution is 2.51. The SMILES string of the molecule is C=C(/C=C/C1=C(Cl)C(=C/C=C2\N(CCCCS(=O)(=O)O)c3ccc4cc(S(=O)(=O)O)ccc4c3C2(C)C)/CC1)C(C)(C)c1c(NCCCCS(=O)(=O)O)ccc2cc(C)ccc12. The molecule has 4 aromatic rings. The average molecular weight is 924 g/mol. The molecule has 6 rings (SSSR count). The fourth-order valence-corrected chi connectivity index (χ4v) is 10.7. The molecule has 0 saturated carbocycles. The van der Waals surface area contributed by atoms with Gasteiger partial charge in [-0.3, -0.25) is 13.7 Å². The average Bonchev–Trinajstić information content (AvgIpc) is 3.63. The number of rotatable bonds is 17. The Bertz CT molecular complexity index is 2910. The van der Waals surface area contributed by atoms with Crippen LogP contribution in [0.15, 0.2) is 124 Å². The first-order valence-corrected chi connectivity index (χ1v) is 25.6. The number of nitrogens with one attached hydrogen (secondary N) is 1. The second-order valence-corrected chi connectivity index (χ2v) is 22.2. The van der Waals surface area contributed by atoms with Gasteiger partial charge in [0.1, 0.15) is 0 Å². The molecule has 4 aromatic carbocycles. The summed E-state index contributed by atoms with van der Waals surface area (Å²) in [5.41, 5.74) is 7.59. The minimum atomic E-state index is -4.41. The molecule has 15 heteroatoms. The highest BCUT2D eigenvalue weighted by molar-refractivity contribution is 7.86. The summed E-state index contributed by atoms with van der Waals surface area (Å²) in [5, 5.41) is 7.81. The number of nitrogens with zero attached hydrogens (tertiary/aromatic N) is 1. The molecule has 0 aromatic heterocycles. The zero-order valence-electron chi connectivity index (χ0n) is 35.7. The monoisotopic (exact) mass is 922 g/mol. The van der Waals surface area contributed by atoms with Crippen molar-refractivity contribution in [2.75, 3.05) is 34.8 Å². The van der Waals surface area contributed by atoms with E-state index in [0.717, 1.165) is 66.6 Å². The van der Waals surface area contributed by atoms with Gasteiger partial charge in [-0.15, -0.1) is 0 Å². The van der Waals surface area contributed by atoms with Crippen molar-refractivity contribution in [1.29, 1.82) is 0 Å². The third-order valence-corrected chi connectivity index (χ3v) is 15.0. The summed E-state index contributed by atoms with van der Waals surface area (Å²) < 4.78 is 97.7. The number of fused-ring (bicyclic) bond motifs is 4. The van der Waals surface area contributed by atoms with E-state index in [0.29, 0.717) is 55.6 Å². The van der Waals surface area contributed by atoms with Crippen molar-refractivity contribution in [1.82, 2.24) is 0 Å². The molecule has 11 nitrogen and oxygen atoms in total. The van der Waals surface area contributed by atoms with Crippen LogP contribution in [0.5, 0.6) is 0 Å². The fourth-order valence-electron chi connectivity index (χ4n) is 8.69. The van der Waals surface area contributed by atoms with Crippen LogP contribution < -0.4 is 10.2 Å². The van der Waals surface area contributed by atoms with Gasteiger partial charge in [0.05, 0.1) is 16.4 Å². The molecule has 1 heterocycles. The smallest absolute Gasteiger partial charge is 0.294 e. The number of benzene rings is 4. The molecule has 0 amide bonds. The van der Waals surface area contributed by atoms with E-state index < -0.39 is 41.2 Å². The third kappa shape index (κ3) is 10.6. The van der Waals surface area contributed by atoms with Gasteiger partial charge in [-0.1, -0.05) is 106 Å². The fraction of sp³-hybridized carbons (Fsp3) is 0.362. The van der Waals surface area contributed by atoms with Crippen LogP contribution >= 0.6 is 11.6 Å². The Labute approximate surface area is 371 Å². The van der Waals surface area contributed by atoms with Crippen LogP contribution in [0.4, 0.5) is 11.4 Å². The van der Waals surface area contributed by atoms with E-state index in [1.165, 1.54) is 12.1 Å². The molecular weight excluding hydrogens is 868 g/mol. The maximum atomic E-state index is 12.0. The Hall–Kier alpha value is -4.28. The molecule has 0 atom stereocenters. The lowest BCUT2D eigenvalue weighted by Crippen LogP contribution is -2.27. The molecule has 0 spiro atoms. The Morgan fingerprint density at radius 2 is 1.48 bits per heavy atom. The van der Waals surface area contributed by atoms with Gasteiger partial charge in [-0.2, -0.15) is 25.3 Å². The normalized spacial score (nSPS) is 17.3. The van der Waals surface area contributed by atoms with E-state index in [1.54, 1.807) is 6.07 Å². The maximum absolute atomic E-state index is 12.0. The van der Waals surface area contributed by atoms with Gasteiger partial charge >= 0.3 is 0 Å². The highest BCUT2D eigenvalue weighted by atomic mass is 35.5. The number of hydrogen-bond donors (Lipinski definition) is 4. The molecule has 0 radical (unpaired) electrons. The number of aryl methyl sites for hydroxylation is 1. The van der Waals surface area contributed by atoms with Gasteiger partial charge in [0.2, 0.25) is 0 Å². The van der Waals surface area contributed by atoms with Crippen molar-refractivity contribution < 1.29 is 38.9 Å². The summed E-state index contributed by atoms with van der Waals surface area (Å²) in [4.78, 5) is 1.95. The van der Waals surface area contributed by atoms with Crippen LogP contribution in [0, 0.1) is 6.92 Å². The van der Waals surface area contributed by atoms with Crippen LogP contribution in [-0.4, -0.2) is 63.5 Å². The summed E-state index contributed by atoms with van der Waals surface area (Å²) in [7, 11) is -12.5. The quantitative estimate of drug-likeness (QED) is 0.0450. The molecular formula is C47H55ClN2O9S3.